The van der Waals surface area contributed by atoms with Gasteiger partial charge in [0, 0.05) is 21.8 Å². The molecular formula is C48H31NO. The summed E-state index contributed by atoms with van der Waals surface area (Å²) in [5, 5.41) is 9.55. The van der Waals surface area contributed by atoms with Crippen molar-refractivity contribution in [3.8, 4) is 22.3 Å². The summed E-state index contributed by atoms with van der Waals surface area (Å²) in [7, 11) is 0. The number of rotatable bonds is 5. The van der Waals surface area contributed by atoms with Crippen LogP contribution in [-0.2, 0) is 0 Å². The lowest BCUT2D eigenvalue weighted by molar-refractivity contribution is 0.669. The van der Waals surface area contributed by atoms with Crippen LogP contribution in [0.2, 0.25) is 0 Å². The molecule has 2 heteroatoms. The average Bonchev–Trinajstić information content (AvgIpc) is 3.59. The lowest BCUT2D eigenvalue weighted by atomic mass is 9.96. The van der Waals surface area contributed by atoms with Gasteiger partial charge in [0.25, 0.3) is 0 Å². The fraction of sp³-hybridized carbons (Fsp3) is 0. The third-order valence-electron chi connectivity index (χ3n) is 10.0. The van der Waals surface area contributed by atoms with Crippen molar-refractivity contribution < 1.29 is 4.42 Å². The molecule has 0 atom stereocenters. The summed E-state index contributed by atoms with van der Waals surface area (Å²) in [5.41, 5.74) is 9.60. The molecule has 1 heterocycles. The Hall–Kier alpha value is -6.64. The van der Waals surface area contributed by atoms with Crippen LogP contribution in [-0.4, -0.2) is 0 Å². The monoisotopic (exact) mass is 637 g/mol. The zero-order valence-electron chi connectivity index (χ0n) is 27.3. The maximum absolute atomic E-state index is 6.86. The van der Waals surface area contributed by atoms with Crippen molar-refractivity contribution in [1.29, 1.82) is 0 Å². The van der Waals surface area contributed by atoms with Crippen LogP contribution in [0, 0.1) is 0 Å². The molecule has 0 bridgehead atoms. The van der Waals surface area contributed by atoms with Gasteiger partial charge in [-0.25, -0.2) is 0 Å². The fourth-order valence-electron chi connectivity index (χ4n) is 7.65. The van der Waals surface area contributed by atoms with Crippen molar-refractivity contribution in [1.82, 2.24) is 0 Å². The molecule has 0 fully saturated rings. The van der Waals surface area contributed by atoms with E-state index in [1.165, 1.54) is 43.4 Å². The van der Waals surface area contributed by atoms with Gasteiger partial charge in [-0.05, 0) is 85.6 Å². The second kappa shape index (κ2) is 11.5. The topological polar surface area (TPSA) is 16.4 Å². The minimum absolute atomic E-state index is 0.864. The molecule has 0 spiro atoms. The highest BCUT2D eigenvalue weighted by molar-refractivity contribution is 6.19. The predicted octanol–water partition coefficient (Wildman–Crippen LogP) is 13.8. The molecular weight excluding hydrogens is 607 g/mol. The van der Waals surface area contributed by atoms with Gasteiger partial charge in [0.2, 0.25) is 0 Å². The van der Waals surface area contributed by atoms with Crippen LogP contribution >= 0.6 is 0 Å². The van der Waals surface area contributed by atoms with E-state index in [9.17, 15) is 0 Å². The molecule has 0 aliphatic heterocycles. The molecule has 0 amide bonds. The molecule has 0 aliphatic carbocycles. The van der Waals surface area contributed by atoms with E-state index in [2.05, 4.69) is 187 Å². The highest BCUT2D eigenvalue weighted by Crippen LogP contribution is 2.48. The second-order valence-corrected chi connectivity index (χ2v) is 12.9. The van der Waals surface area contributed by atoms with E-state index in [1.807, 2.05) is 6.07 Å². The van der Waals surface area contributed by atoms with Crippen molar-refractivity contribution in [2.45, 2.75) is 0 Å². The number of anilines is 3. The zero-order chi connectivity index (χ0) is 33.0. The van der Waals surface area contributed by atoms with E-state index >= 15 is 0 Å². The van der Waals surface area contributed by atoms with Crippen LogP contribution < -0.4 is 4.90 Å². The minimum Gasteiger partial charge on any atom is -0.454 e. The fourth-order valence-corrected chi connectivity index (χ4v) is 7.65. The third kappa shape index (κ3) is 4.57. The first-order chi connectivity index (χ1) is 24.8. The quantitative estimate of drug-likeness (QED) is 0.175. The molecule has 50 heavy (non-hydrogen) atoms. The van der Waals surface area contributed by atoms with Crippen LogP contribution in [0.3, 0.4) is 0 Å². The Balaban J connectivity index is 1.25. The molecule has 9 aromatic carbocycles. The van der Waals surface area contributed by atoms with Crippen LogP contribution in [0.5, 0.6) is 0 Å². The van der Waals surface area contributed by atoms with Gasteiger partial charge in [-0.2, -0.15) is 0 Å². The maximum Gasteiger partial charge on any atom is 0.160 e. The third-order valence-corrected chi connectivity index (χ3v) is 10.0. The second-order valence-electron chi connectivity index (χ2n) is 12.9. The van der Waals surface area contributed by atoms with Crippen LogP contribution in [0.15, 0.2) is 192 Å². The van der Waals surface area contributed by atoms with E-state index < -0.39 is 0 Å². The Morgan fingerprint density at radius 2 is 1.00 bits per heavy atom. The number of para-hydroxylation sites is 1. The molecule has 0 N–H and O–H groups in total. The van der Waals surface area contributed by atoms with E-state index in [1.54, 1.807) is 0 Å². The largest absolute Gasteiger partial charge is 0.454 e. The first kappa shape index (κ1) is 28.4. The van der Waals surface area contributed by atoms with Gasteiger partial charge in [-0.3, -0.25) is 0 Å². The van der Waals surface area contributed by atoms with Gasteiger partial charge in [0.05, 0.1) is 11.4 Å². The van der Waals surface area contributed by atoms with Crippen molar-refractivity contribution in [3.05, 3.63) is 188 Å². The summed E-state index contributed by atoms with van der Waals surface area (Å²) < 4.78 is 6.86. The molecule has 10 rings (SSSR count). The lowest BCUT2D eigenvalue weighted by Gasteiger charge is -2.28. The standard InChI is InChI=1S/C48H31NO/c1-2-13-34(14-3-1)40-28-29-44(48-47(40)43-20-10-11-21-46(43)50-48)49(45-31-37-16-6-7-17-39(37)41-18-8-9-19-42(41)45)38-26-24-33(25-27-38)36-23-22-32-12-4-5-15-35(32)30-36/h1-31H. The van der Waals surface area contributed by atoms with Crippen LogP contribution in [0.25, 0.3) is 76.5 Å². The van der Waals surface area contributed by atoms with Gasteiger partial charge in [0.15, 0.2) is 5.58 Å². The van der Waals surface area contributed by atoms with E-state index in [0.29, 0.717) is 0 Å². The lowest BCUT2D eigenvalue weighted by Crippen LogP contribution is -2.11. The Morgan fingerprint density at radius 3 is 1.82 bits per heavy atom. The number of hydrogen-bond donors (Lipinski definition) is 0. The molecule has 0 saturated carbocycles. The maximum atomic E-state index is 6.86. The van der Waals surface area contributed by atoms with Gasteiger partial charge in [-0.15, -0.1) is 0 Å². The summed E-state index contributed by atoms with van der Waals surface area (Å²) in [6.07, 6.45) is 0. The predicted molar refractivity (Wildman–Crippen MR) is 212 cm³/mol. The number of fused-ring (bicyclic) bond motifs is 7. The highest BCUT2D eigenvalue weighted by atomic mass is 16.3. The zero-order valence-corrected chi connectivity index (χ0v) is 27.3. The van der Waals surface area contributed by atoms with Crippen molar-refractivity contribution in [2.24, 2.45) is 0 Å². The normalized spacial score (nSPS) is 11.6. The van der Waals surface area contributed by atoms with Gasteiger partial charge >= 0.3 is 0 Å². The summed E-state index contributed by atoms with van der Waals surface area (Å²) in [4.78, 5) is 2.39. The summed E-state index contributed by atoms with van der Waals surface area (Å²) in [5.74, 6) is 0. The molecule has 0 unspecified atom stereocenters. The molecule has 1 aromatic heterocycles. The molecule has 0 saturated heterocycles. The minimum atomic E-state index is 0.864. The first-order valence-electron chi connectivity index (χ1n) is 17.1. The first-order valence-corrected chi connectivity index (χ1v) is 17.1. The van der Waals surface area contributed by atoms with Crippen LogP contribution in [0.4, 0.5) is 17.1 Å². The SMILES string of the molecule is c1ccc(-c2ccc(N(c3ccc(-c4ccc5ccccc5c4)cc3)c3cc4ccccc4c4ccccc34)c3oc4ccccc4c23)cc1. The Bertz CT molecular complexity index is 2870. The Morgan fingerprint density at radius 1 is 0.360 bits per heavy atom. The van der Waals surface area contributed by atoms with Crippen molar-refractivity contribution in [3.63, 3.8) is 0 Å². The Kier molecular flexibility index (Phi) is 6.53. The van der Waals surface area contributed by atoms with Crippen molar-refractivity contribution >= 4 is 71.3 Å². The molecule has 234 valence electrons. The summed E-state index contributed by atoms with van der Waals surface area (Å²) >= 11 is 0. The number of hydrogen-bond acceptors (Lipinski definition) is 2. The van der Waals surface area contributed by atoms with Gasteiger partial charge in [0.1, 0.15) is 5.58 Å². The van der Waals surface area contributed by atoms with E-state index in [-0.39, 0.29) is 0 Å². The number of benzene rings is 9. The van der Waals surface area contributed by atoms with Gasteiger partial charge in [-0.1, -0.05) is 152 Å². The highest BCUT2D eigenvalue weighted by Gasteiger charge is 2.24. The van der Waals surface area contributed by atoms with E-state index in [0.717, 1.165) is 50.1 Å². The molecule has 2 nitrogen and oxygen atoms in total. The number of furan rings is 1. The molecule has 10 aromatic rings. The number of nitrogens with zero attached hydrogens (tertiary/aromatic N) is 1. The average molecular weight is 638 g/mol. The van der Waals surface area contributed by atoms with Crippen molar-refractivity contribution in [2.75, 3.05) is 4.90 Å². The van der Waals surface area contributed by atoms with Gasteiger partial charge < -0.3 is 9.32 Å². The summed E-state index contributed by atoms with van der Waals surface area (Å²) in [6, 6.07) is 67.4. The van der Waals surface area contributed by atoms with Crippen LogP contribution in [0.1, 0.15) is 0 Å². The van der Waals surface area contributed by atoms with E-state index in [4.69, 9.17) is 4.42 Å². The Labute approximate surface area is 290 Å². The summed E-state index contributed by atoms with van der Waals surface area (Å²) in [6.45, 7) is 0. The molecule has 0 aliphatic rings. The molecule has 0 radical (unpaired) electrons. The smallest absolute Gasteiger partial charge is 0.160 e.